The van der Waals surface area contributed by atoms with Gasteiger partial charge in [-0.3, -0.25) is 19.0 Å². The highest BCUT2D eigenvalue weighted by molar-refractivity contribution is 7.79. The highest BCUT2D eigenvalue weighted by Crippen LogP contribution is 2.42. The minimum absolute atomic E-state index is 0.178. The number of piperidine rings is 3. The summed E-state index contributed by atoms with van der Waals surface area (Å²) in [7, 11) is -3.01. The van der Waals surface area contributed by atoms with E-state index in [-0.39, 0.29) is 6.04 Å². The minimum atomic E-state index is -4.67. The van der Waals surface area contributed by atoms with Crippen LogP contribution in [0.1, 0.15) is 24.5 Å². The van der Waals surface area contributed by atoms with Crippen LogP contribution in [0.3, 0.4) is 0 Å². The van der Waals surface area contributed by atoms with Crippen LogP contribution in [0.25, 0.3) is 10.9 Å². The number of fused-ring (bicyclic) bond motifs is 4. The van der Waals surface area contributed by atoms with E-state index in [0.29, 0.717) is 11.8 Å². The average molecular weight is 423 g/mol. The molecule has 4 heterocycles. The normalized spacial score (nSPS) is 27.0. The molecule has 0 saturated carbocycles. The SMILES string of the molecule is C=C[C@@H]1CN2CC[C@@H]1CC2[C@H](O)c1ccnc2ccc(OC)cc12.O=S(=O)(O)O. The van der Waals surface area contributed by atoms with Crippen LogP contribution in [0.15, 0.2) is 43.1 Å². The lowest BCUT2D eigenvalue weighted by Crippen LogP contribution is -2.54. The standard InChI is InChI=1S/C20H24N2O2.H2O4S/c1-3-13-12-22-9-7-14(13)10-19(22)20(23)16-6-8-21-18-5-4-15(24-2)11-17(16)18;1-5(2,3)4/h3-6,8,11,13-14,19-20,23H,1,7,9-10,12H2,2H3;(H2,1,2,3,4)/t13-,14-,19?,20-;/m1./s1. The molecule has 29 heavy (non-hydrogen) atoms. The van der Waals surface area contributed by atoms with Gasteiger partial charge in [0, 0.05) is 24.2 Å². The number of nitrogens with zero attached hydrogens (tertiary/aromatic N) is 2. The lowest BCUT2D eigenvalue weighted by atomic mass is 9.73. The molecule has 1 aromatic heterocycles. The summed E-state index contributed by atoms with van der Waals surface area (Å²) in [6.45, 7) is 6.07. The Bertz CT molecular complexity index is 972. The number of ether oxygens (including phenoxy) is 1. The summed E-state index contributed by atoms with van der Waals surface area (Å²) in [4.78, 5) is 6.86. The zero-order valence-corrected chi connectivity index (χ0v) is 17.0. The van der Waals surface area contributed by atoms with Gasteiger partial charge in [0.25, 0.3) is 0 Å². The number of rotatable bonds is 4. The highest BCUT2D eigenvalue weighted by atomic mass is 32.3. The predicted octanol–water partition coefficient (Wildman–Crippen LogP) is 2.52. The van der Waals surface area contributed by atoms with E-state index in [1.165, 1.54) is 6.42 Å². The number of aliphatic hydroxyl groups is 1. The molecule has 0 amide bonds. The predicted molar refractivity (Wildman–Crippen MR) is 109 cm³/mol. The Labute approximate surface area is 170 Å². The lowest BCUT2D eigenvalue weighted by molar-refractivity contribution is -0.0444. The maximum Gasteiger partial charge on any atom is 0.394 e. The monoisotopic (exact) mass is 422 g/mol. The fraction of sp³-hybridized carbons (Fsp3) is 0.450. The van der Waals surface area contributed by atoms with Gasteiger partial charge in [-0.25, -0.2) is 0 Å². The lowest BCUT2D eigenvalue weighted by Gasteiger charge is -2.50. The zero-order chi connectivity index (χ0) is 21.2. The Hall–Kier alpha value is -2.04. The van der Waals surface area contributed by atoms with Crippen LogP contribution in [0.2, 0.25) is 0 Å². The molecule has 3 aliphatic heterocycles. The number of hydrogen-bond acceptors (Lipinski definition) is 6. The summed E-state index contributed by atoms with van der Waals surface area (Å²) >= 11 is 0. The topological polar surface area (TPSA) is 120 Å². The Kier molecular flexibility index (Phi) is 6.55. The van der Waals surface area contributed by atoms with Crippen molar-refractivity contribution in [3.05, 3.63) is 48.7 Å². The van der Waals surface area contributed by atoms with Crippen molar-refractivity contribution in [1.29, 1.82) is 0 Å². The summed E-state index contributed by atoms with van der Waals surface area (Å²) in [5.41, 5.74) is 1.85. The summed E-state index contributed by atoms with van der Waals surface area (Å²) in [6, 6.07) is 7.96. The number of aliphatic hydroxyl groups excluding tert-OH is 1. The van der Waals surface area contributed by atoms with Gasteiger partial charge in [0.05, 0.1) is 18.7 Å². The average Bonchev–Trinajstić information content (AvgIpc) is 2.71. The first kappa shape index (κ1) is 21.7. The van der Waals surface area contributed by atoms with Crippen molar-refractivity contribution in [2.75, 3.05) is 20.2 Å². The molecule has 0 radical (unpaired) electrons. The van der Waals surface area contributed by atoms with Gasteiger partial charge in [-0.05, 0) is 61.1 Å². The van der Waals surface area contributed by atoms with Crippen LogP contribution in [-0.4, -0.2) is 58.8 Å². The molecule has 9 heteroatoms. The smallest absolute Gasteiger partial charge is 0.394 e. The maximum absolute atomic E-state index is 11.2. The van der Waals surface area contributed by atoms with Crippen LogP contribution in [0, 0.1) is 11.8 Å². The van der Waals surface area contributed by atoms with Crippen molar-refractivity contribution in [2.24, 2.45) is 11.8 Å². The van der Waals surface area contributed by atoms with Gasteiger partial charge in [-0.2, -0.15) is 8.42 Å². The summed E-state index contributed by atoms with van der Waals surface area (Å²) in [5, 5.41) is 12.1. The van der Waals surface area contributed by atoms with Crippen molar-refractivity contribution in [3.8, 4) is 5.75 Å². The van der Waals surface area contributed by atoms with E-state index in [1.807, 2.05) is 24.3 Å². The molecule has 2 bridgehead atoms. The summed E-state index contributed by atoms with van der Waals surface area (Å²) in [6.07, 6.45) is 5.62. The molecule has 3 N–H and O–H groups in total. The van der Waals surface area contributed by atoms with E-state index in [4.69, 9.17) is 22.3 Å². The molecule has 0 spiro atoms. The van der Waals surface area contributed by atoms with Gasteiger partial charge in [-0.15, -0.1) is 6.58 Å². The first-order valence-electron chi connectivity index (χ1n) is 9.38. The van der Waals surface area contributed by atoms with Crippen molar-refractivity contribution >= 4 is 21.3 Å². The van der Waals surface area contributed by atoms with Crippen LogP contribution in [0.5, 0.6) is 5.75 Å². The van der Waals surface area contributed by atoms with Crippen molar-refractivity contribution < 1.29 is 27.4 Å². The summed E-state index contributed by atoms with van der Waals surface area (Å²) in [5.74, 6) is 2.01. The second-order valence-corrected chi connectivity index (χ2v) is 8.32. The molecular weight excluding hydrogens is 396 g/mol. The van der Waals surface area contributed by atoms with Crippen molar-refractivity contribution in [3.63, 3.8) is 0 Å². The molecule has 2 aromatic rings. The maximum atomic E-state index is 11.2. The van der Waals surface area contributed by atoms with E-state index in [0.717, 1.165) is 41.7 Å². The first-order valence-corrected chi connectivity index (χ1v) is 10.8. The zero-order valence-electron chi connectivity index (χ0n) is 16.2. The molecule has 1 aromatic carbocycles. The molecule has 0 aliphatic carbocycles. The third kappa shape index (κ3) is 5.12. The van der Waals surface area contributed by atoms with Crippen LogP contribution >= 0.6 is 0 Å². The number of benzene rings is 1. The Morgan fingerprint density at radius 3 is 2.66 bits per heavy atom. The first-order chi connectivity index (χ1) is 13.7. The van der Waals surface area contributed by atoms with Gasteiger partial charge >= 0.3 is 10.4 Å². The van der Waals surface area contributed by atoms with E-state index in [1.54, 1.807) is 13.3 Å². The second-order valence-electron chi connectivity index (χ2n) is 7.42. The van der Waals surface area contributed by atoms with Gasteiger partial charge in [0.1, 0.15) is 5.75 Å². The third-order valence-corrected chi connectivity index (χ3v) is 5.82. The summed E-state index contributed by atoms with van der Waals surface area (Å²) < 4.78 is 36.9. The van der Waals surface area contributed by atoms with Crippen LogP contribution in [-0.2, 0) is 10.4 Å². The van der Waals surface area contributed by atoms with Crippen LogP contribution < -0.4 is 4.74 Å². The molecule has 2 unspecified atom stereocenters. The molecule has 3 saturated heterocycles. The number of methoxy groups -OCH3 is 1. The largest absolute Gasteiger partial charge is 0.497 e. The minimum Gasteiger partial charge on any atom is -0.497 e. The third-order valence-electron chi connectivity index (χ3n) is 5.82. The highest BCUT2D eigenvalue weighted by Gasteiger charge is 2.42. The van der Waals surface area contributed by atoms with Gasteiger partial charge < -0.3 is 9.84 Å². The van der Waals surface area contributed by atoms with Crippen molar-refractivity contribution in [1.82, 2.24) is 9.88 Å². The quantitative estimate of drug-likeness (QED) is 0.508. The Morgan fingerprint density at radius 2 is 2.07 bits per heavy atom. The molecule has 5 atom stereocenters. The van der Waals surface area contributed by atoms with E-state index >= 15 is 0 Å². The molecule has 3 fully saturated rings. The molecule has 8 nitrogen and oxygen atoms in total. The van der Waals surface area contributed by atoms with Crippen molar-refractivity contribution in [2.45, 2.75) is 25.0 Å². The van der Waals surface area contributed by atoms with Gasteiger partial charge in [-0.1, -0.05) is 6.08 Å². The number of pyridine rings is 1. The molecule has 5 rings (SSSR count). The van der Waals surface area contributed by atoms with E-state index in [2.05, 4.69) is 22.5 Å². The fourth-order valence-corrected chi connectivity index (χ4v) is 4.44. The Balaban J connectivity index is 0.000000431. The fourth-order valence-electron chi connectivity index (χ4n) is 4.44. The number of aromatic nitrogens is 1. The second kappa shape index (κ2) is 8.76. The van der Waals surface area contributed by atoms with Crippen LogP contribution in [0.4, 0.5) is 0 Å². The van der Waals surface area contributed by atoms with E-state index < -0.39 is 16.5 Å². The van der Waals surface area contributed by atoms with E-state index in [9.17, 15) is 5.11 Å². The molecular formula is C20H26N2O6S. The molecule has 158 valence electrons. The number of hydrogen-bond donors (Lipinski definition) is 3. The Morgan fingerprint density at radius 1 is 1.34 bits per heavy atom. The molecule has 3 aliphatic rings. The van der Waals surface area contributed by atoms with Gasteiger partial charge in [0.15, 0.2) is 0 Å². The van der Waals surface area contributed by atoms with Gasteiger partial charge in [0.2, 0.25) is 0 Å².